The predicted octanol–water partition coefficient (Wildman–Crippen LogP) is 7.15. The number of nitrogens with zero attached hydrogens (tertiary/aromatic N) is 3. The van der Waals surface area contributed by atoms with Crippen LogP contribution in [0.2, 0.25) is 0 Å². The van der Waals surface area contributed by atoms with Crippen molar-refractivity contribution in [1.29, 1.82) is 5.26 Å². The van der Waals surface area contributed by atoms with Crippen molar-refractivity contribution in [2.24, 2.45) is 16.8 Å². The minimum Gasteiger partial charge on any atom is -0.264 e. The van der Waals surface area contributed by atoms with E-state index in [4.69, 9.17) is 17.0 Å². The fourth-order valence-corrected chi connectivity index (χ4v) is 4.73. The molecule has 0 aromatic heterocycles. The Balaban J connectivity index is 1.43. The van der Waals surface area contributed by atoms with Crippen molar-refractivity contribution in [3.8, 4) is 6.07 Å². The molecule has 0 amide bonds. The molecule has 0 saturated heterocycles. The highest BCUT2D eigenvalue weighted by Crippen LogP contribution is 2.35. The van der Waals surface area contributed by atoms with E-state index >= 15 is 0 Å². The lowest BCUT2D eigenvalue weighted by molar-refractivity contribution is 0.249. The summed E-state index contributed by atoms with van der Waals surface area (Å²) in [6, 6.07) is 9.62. The Labute approximate surface area is 175 Å². The highest BCUT2D eigenvalue weighted by Gasteiger charge is 2.22. The smallest absolute Gasteiger partial charge is 0.161 e. The first-order chi connectivity index (χ1) is 13.7. The van der Waals surface area contributed by atoms with E-state index in [2.05, 4.69) is 18.0 Å². The minimum atomic E-state index is -0.211. The van der Waals surface area contributed by atoms with Crippen LogP contribution in [0.3, 0.4) is 0 Å². The monoisotopic (exact) mass is 397 g/mol. The average Bonchev–Trinajstić information content (AvgIpc) is 2.73. The summed E-state index contributed by atoms with van der Waals surface area (Å²) < 4.78 is 1.67. The predicted molar refractivity (Wildman–Crippen MR) is 117 cm³/mol. The van der Waals surface area contributed by atoms with Gasteiger partial charge in [-0.3, -0.25) is 9.41 Å². The molecule has 0 N–H and O–H groups in total. The van der Waals surface area contributed by atoms with Crippen molar-refractivity contribution >= 4 is 18.0 Å². The molecule has 0 radical (unpaired) electrons. The van der Waals surface area contributed by atoms with E-state index in [-0.39, 0.29) is 6.17 Å². The Morgan fingerprint density at radius 2 is 1.75 bits per heavy atom. The Kier molecular flexibility index (Phi) is 7.98. The second-order valence-electron chi connectivity index (χ2n) is 8.36. The lowest BCUT2D eigenvalue weighted by atomic mass is 9.78. The number of benzene rings is 1. The van der Waals surface area contributed by atoms with Gasteiger partial charge < -0.3 is 0 Å². The van der Waals surface area contributed by atoms with Gasteiger partial charge in [-0.1, -0.05) is 70.4 Å². The Bertz CT molecular complexity index is 708. The average molecular weight is 398 g/mol. The third-order valence-electron chi connectivity index (χ3n) is 6.27. The highest BCUT2D eigenvalue weighted by molar-refractivity contribution is 6.14. The molecule has 2 aliphatic rings. The van der Waals surface area contributed by atoms with E-state index in [1.165, 1.54) is 63.4 Å². The van der Waals surface area contributed by atoms with Crippen molar-refractivity contribution in [2.45, 2.75) is 77.3 Å². The summed E-state index contributed by atoms with van der Waals surface area (Å²) in [6.45, 7) is 2.29. The third kappa shape index (κ3) is 5.85. The topological polar surface area (TPSA) is 39.4 Å². The maximum Gasteiger partial charge on any atom is 0.161 e. The first kappa shape index (κ1) is 20.9. The molecule has 1 unspecified atom stereocenters. The lowest BCUT2D eigenvalue weighted by Crippen LogP contribution is -2.18. The molecule has 3 nitrogen and oxygen atoms in total. The summed E-state index contributed by atoms with van der Waals surface area (Å²) >= 11 is 6.46. The van der Waals surface area contributed by atoms with E-state index in [0.29, 0.717) is 5.56 Å². The van der Waals surface area contributed by atoms with Crippen LogP contribution in [0.25, 0.3) is 0 Å². The number of aliphatic imine (C=N–C) groups is 1. The van der Waals surface area contributed by atoms with Gasteiger partial charge in [-0.2, -0.15) is 5.26 Å². The van der Waals surface area contributed by atoms with E-state index in [0.717, 1.165) is 23.8 Å². The lowest BCUT2D eigenvalue weighted by Gasteiger charge is -2.29. The van der Waals surface area contributed by atoms with Gasteiger partial charge in [-0.15, -0.1) is 0 Å². The van der Waals surface area contributed by atoms with Gasteiger partial charge in [-0.05, 0) is 47.9 Å². The number of allylic oxidation sites excluding steroid dienone is 1. The van der Waals surface area contributed by atoms with Crippen molar-refractivity contribution in [2.75, 3.05) is 0 Å². The molecular weight excluding hydrogens is 366 g/mol. The van der Waals surface area contributed by atoms with Crippen molar-refractivity contribution in [1.82, 2.24) is 4.42 Å². The molecule has 1 aliphatic heterocycles. The summed E-state index contributed by atoms with van der Waals surface area (Å²) in [5.74, 6) is 1.83. The van der Waals surface area contributed by atoms with Gasteiger partial charge in [-0.25, -0.2) is 0 Å². The van der Waals surface area contributed by atoms with Crippen LogP contribution in [0.15, 0.2) is 41.0 Å². The number of hydrogen-bond acceptors (Lipinski definition) is 3. The molecule has 1 heterocycles. The fraction of sp³-hybridized carbons (Fsp3) is 0.583. The van der Waals surface area contributed by atoms with Crippen molar-refractivity contribution in [3.05, 3.63) is 47.2 Å². The highest BCUT2D eigenvalue weighted by atomic mass is 35.5. The molecule has 4 heteroatoms. The summed E-state index contributed by atoms with van der Waals surface area (Å²) in [5.41, 5.74) is 2.87. The summed E-state index contributed by atoms with van der Waals surface area (Å²) in [7, 11) is 0. The van der Waals surface area contributed by atoms with Gasteiger partial charge in [0.2, 0.25) is 0 Å². The number of unbranched alkanes of at least 4 members (excludes halogenated alkanes) is 2. The molecule has 3 rings (SSSR count). The third-order valence-corrected chi connectivity index (χ3v) is 6.55. The molecule has 150 valence electrons. The zero-order valence-corrected chi connectivity index (χ0v) is 17.7. The van der Waals surface area contributed by atoms with Crippen LogP contribution < -0.4 is 0 Å². The second-order valence-corrected chi connectivity index (χ2v) is 8.75. The molecular formula is C24H32ClN3. The summed E-state index contributed by atoms with van der Waals surface area (Å²) in [6.07, 6.45) is 17.3. The quantitative estimate of drug-likeness (QED) is 0.345. The molecule has 0 bridgehead atoms. The van der Waals surface area contributed by atoms with Gasteiger partial charge in [0.05, 0.1) is 11.6 Å². The van der Waals surface area contributed by atoms with E-state index in [1.54, 1.807) is 4.42 Å². The van der Waals surface area contributed by atoms with Crippen LogP contribution in [0.5, 0.6) is 0 Å². The van der Waals surface area contributed by atoms with Crippen LogP contribution in [0, 0.1) is 23.2 Å². The number of rotatable bonds is 8. The molecule has 0 spiro atoms. The van der Waals surface area contributed by atoms with Crippen LogP contribution in [0.1, 0.15) is 88.4 Å². The number of halogens is 1. The van der Waals surface area contributed by atoms with Gasteiger partial charge in [0.15, 0.2) is 6.17 Å². The first-order valence-electron chi connectivity index (χ1n) is 10.9. The van der Waals surface area contributed by atoms with Crippen molar-refractivity contribution < 1.29 is 0 Å². The zero-order chi connectivity index (χ0) is 19.8. The molecule has 1 aromatic carbocycles. The van der Waals surface area contributed by atoms with E-state index in [1.807, 2.05) is 36.7 Å². The van der Waals surface area contributed by atoms with Crippen LogP contribution >= 0.6 is 11.8 Å². The van der Waals surface area contributed by atoms with E-state index < -0.39 is 0 Å². The molecule has 1 aliphatic carbocycles. The summed E-state index contributed by atoms with van der Waals surface area (Å²) in [5, 5.41) is 8.93. The van der Waals surface area contributed by atoms with Crippen LogP contribution in [-0.2, 0) is 0 Å². The normalized spacial score (nSPS) is 24.7. The zero-order valence-electron chi connectivity index (χ0n) is 17.0. The second kappa shape index (κ2) is 10.7. The van der Waals surface area contributed by atoms with Gasteiger partial charge in [0, 0.05) is 24.2 Å². The fourth-order valence-electron chi connectivity index (χ4n) is 4.44. The number of nitriles is 1. The van der Waals surface area contributed by atoms with Gasteiger partial charge >= 0.3 is 0 Å². The van der Waals surface area contributed by atoms with Gasteiger partial charge in [0.25, 0.3) is 0 Å². The SMILES string of the molecule is CCCCCC1CCC(CCC2=CN(Cl)C(c3ccc(C#N)cc3)N=C2)CC1. The van der Waals surface area contributed by atoms with Crippen LogP contribution in [0.4, 0.5) is 0 Å². The molecule has 28 heavy (non-hydrogen) atoms. The van der Waals surface area contributed by atoms with Crippen molar-refractivity contribution in [3.63, 3.8) is 0 Å². The summed E-state index contributed by atoms with van der Waals surface area (Å²) in [4.78, 5) is 4.65. The standard InChI is InChI=1S/C24H32ClN3/c1-2-3-4-5-19-6-8-20(9-7-19)10-11-22-17-27-24(28(25)18-22)23-14-12-21(16-26)13-15-23/h12-15,17-20,24H,2-11H2,1H3. The molecule has 1 saturated carbocycles. The minimum absolute atomic E-state index is 0.211. The molecule has 1 fully saturated rings. The largest absolute Gasteiger partial charge is 0.264 e. The Hall–Kier alpha value is -1.79. The van der Waals surface area contributed by atoms with Crippen LogP contribution in [-0.4, -0.2) is 10.6 Å². The first-order valence-corrected chi connectivity index (χ1v) is 11.2. The number of hydrogen-bond donors (Lipinski definition) is 0. The Morgan fingerprint density at radius 1 is 1.07 bits per heavy atom. The van der Waals surface area contributed by atoms with E-state index in [9.17, 15) is 0 Å². The maximum absolute atomic E-state index is 8.93. The maximum atomic E-state index is 8.93. The molecule has 1 aromatic rings. The Morgan fingerprint density at radius 3 is 2.36 bits per heavy atom. The van der Waals surface area contributed by atoms with Gasteiger partial charge in [0.1, 0.15) is 0 Å². The molecule has 1 atom stereocenters.